The minimum Gasteiger partial charge on any atom is -0.341 e. The maximum absolute atomic E-state index is 4.88. The molecule has 3 heterocycles. The van der Waals surface area contributed by atoms with Crippen molar-refractivity contribution in [3.63, 3.8) is 0 Å². The molecule has 114 valence electrons. The van der Waals surface area contributed by atoms with E-state index in [0.717, 1.165) is 25.9 Å². The Hall–Kier alpha value is -0.910. The zero-order chi connectivity index (χ0) is 14.8. The largest absolute Gasteiger partial charge is 0.341 e. The number of nitrogens with zero attached hydrogens (tertiary/aromatic N) is 2. The predicted molar refractivity (Wildman–Crippen MR) is 92.6 cm³/mol. The summed E-state index contributed by atoms with van der Waals surface area (Å²) in [5, 5.41) is 9.10. The highest BCUT2D eigenvalue weighted by Gasteiger charge is 2.27. The number of thiazole rings is 1. The lowest BCUT2D eigenvalue weighted by Gasteiger charge is -2.33. The summed E-state index contributed by atoms with van der Waals surface area (Å²) in [6, 6.07) is 3.06. The minimum absolute atomic E-state index is 0.340. The molecular formula is C16H23N3S2. The Morgan fingerprint density at radius 1 is 1.48 bits per heavy atom. The molecule has 2 aromatic heterocycles. The van der Waals surface area contributed by atoms with Crippen LogP contribution >= 0.6 is 22.7 Å². The molecule has 5 heteroatoms. The van der Waals surface area contributed by atoms with Gasteiger partial charge in [-0.25, -0.2) is 4.98 Å². The zero-order valence-electron chi connectivity index (χ0n) is 12.9. The van der Waals surface area contributed by atoms with Gasteiger partial charge in [0.2, 0.25) is 0 Å². The first-order chi connectivity index (χ1) is 10.2. The van der Waals surface area contributed by atoms with Gasteiger partial charge in [-0.1, -0.05) is 6.92 Å². The maximum atomic E-state index is 4.88. The summed E-state index contributed by atoms with van der Waals surface area (Å²) < 4.78 is 0. The summed E-state index contributed by atoms with van der Waals surface area (Å²) in [6.07, 6.45) is 2.31. The first kappa shape index (κ1) is 15.0. The molecule has 2 atom stereocenters. The molecule has 0 aromatic carbocycles. The van der Waals surface area contributed by atoms with Crippen molar-refractivity contribution < 1.29 is 0 Å². The lowest BCUT2D eigenvalue weighted by molar-refractivity contribution is 0.558. The number of anilines is 1. The maximum Gasteiger partial charge on any atom is 0.186 e. The monoisotopic (exact) mass is 321 g/mol. The van der Waals surface area contributed by atoms with E-state index in [1.807, 2.05) is 11.3 Å². The van der Waals surface area contributed by atoms with Gasteiger partial charge >= 0.3 is 0 Å². The zero-order valence-corrected chi connectivity index (χ0v) is 14.6. The van der Waals surface area contributed by atoms with Crippen LogP contribution in [0.5, 0.6) is 0 Å². The van der Waals surface area contributed by atoms with Gasteiger partial charge in [-0.2, -0.15) is 0 Å². The van der Waals surface area contributed by atoms with Crippen LogP contribution in [0.25, 0.3) is 0 Å². The minimum atomic E-state index is 0.340. The highest BCUT2D eigenvalue weighted by atomic mass is 32.1. The van der Waals surface area contributed by atoms with Crippen LogP contribution in [-0.4, -0.2) is 18.1 Å². The molecule has 3 rings (SSSR count). The van der Waals surface area contributed by atoms with E-state index < -0.39 is 0 Å². The van der Waals surface area contributed by atoms with Crippen molar-refractivity contribution in [3.8, 4) is 0 Å². The highest BCUT2D eigenvalue weighted by Crippen LogP contribution is 2.37. The molecule has 0 fully saturated rings. The van der Waals surface area contributed by atoms with Gasteiger partial charge in [0, 0.05) is 22.8 Å². The van der Waals surface area contributed by atoms with Crippen LogP contribution < -0.4 is 10.2 Å². The Balaban J connectivity index is 1.75. The van der Waals surface area contributed by atoms with Crippen LogP contribution in [0.2, 0.25) is 0 Å². The van der Waals surface area contributed by atoms with Crippen molar-refractivity contribution in [2.75, 3.05) is 18.0 Å². The molecule has 0 aliphatic carbocycles. The van der Waals surface area contributed by atoms with Gasteiger partial charge in [-0.15, -0.1) is 22.7 Å². The van der Waals surface area contributed by atoms with E-state index in [1.165, 1.54) is 16.4 Å². The lowest BCUT2D eigenvalue weighted by atomic mass is 10.0. The number of aromatic nitrogens is 1. The summed E-state index contributed by atoms with van der Waals surface area (Å²) in [7, 11) is 0. The van der Waals surface area contributed by atoms with Crippen LogP contribution in [0.4, 0.5) is 5.13 Å². The molecule has 2 unspecified atom stereocenters. The van der Waals surface area contributed by atoms with Crippen molar-refractivity contribution >= 4 is 27.8 Å². The van der Waals surface area contributed by atoms with Gasteiger partial charge in [0.05, 0.1) is 11.7 Å². The quantitative estimate of drug-likeness (QED) is 0.885. The molecule has 21 heavy (non-hydrogen) atoms. The number of thiophene rings is 1. The first-order valence-corrected chi connectivity index (χ1v) is 9.48. The average Bonchev–Trinajstić information content (AvgIpc) is 3.14. The second-order valence-corrected chi connectivity index (χ2v) is 7.49. The van der Waals surface area contributed by atoms with Gasteiger partial charge < -0.3 is 10.2 Å². The fraction of sp³-hybridized carbons (Fsp3) is 0.562. The third-order valence-electron chi connectivity index (χ3n) is 4.18. The van der Waals surface area contributed by atoms with Crippen LogP contribution in [0.3, 0.4) is 0 Å². The van der Waals surface area contributed by atoms with E-state index in [-0.39, 0.29) is 0 Å². The number of hydrogen-bond donors (Lipinski definition) is 1. The average molecular weight is 322 g/mol. The van der Waals surface area contributed by atoms with Gasteiger partial charge in [-0.3, -0.25) is 0 Å². The second kappa shape index (κ2) is 6.46. The van der Waals surface area contributed by atoms with E-state index in [1.54, 1.807) is 16.2 Å². The molecule has 1 aliphatic rings. The SMILES string of the molecule is CCCNC(C)c1csc(N2CCc3sccc3C2C)n1. The molecule has 0 bridgehead atoms. The Morgan fingerprint density at radius 3 is 3.14 bits per heavy atom. The van der Waals surface area contributed by atoms with Crippen molar-refractivity contribution in [3.05, 3.63) is 33.0 Å². The highest BCUT2D eigenvalue weighted by molar-refractivity contribution is 7.13. The Morgan fingerprint density at radius 2 is 2.33 bits per heavy atom. The molecular weight excluding hydrogens is 298 g/mol. The summed E-state index contributed by atoms with van der Waals surface area (Å²) in [5.41, 5.74) is 2.66. The molecule has 0 amide bonds. The molecule has 0 radical (unpaired) electrons. The fourth-order valence-corrected chi connectivity index (χ4v) is 4.83. The summed E-state index contributed by atoms with van der Waals surface area (Å²) in [5.74, 6) is 0. The summed E-state index contributed by atoms with van der Waals surface area (Å²) in [4.78, 5) is 8.88. The molecule has 1 N–H and O–H groups in total. The van der Waals surface area contributed by atoms with Gasteiger partial charge in [0.25, 0.3) is 0 Å². The van der Waals surface area contributed by atoms with Crippen LogP contribution in [-0.2, 0) is 6.42 Å². The number of hydrogen-bond acceptors (Lipinski definition) is 5. The van der Waals surface area contributed by atoms with E-state index in [9.17, 15) is 0 Å². The lowest BCUT2D eigenvalue weighted by Crippen LogP contribution is -2.33. The first-order valence-electron chi connectivity index (χ1n) is 7.72. The van der Waals surface area contributed by atoms with Crippen LogP contribution in [0.15, 0.2) is 16.8 Å². The standard InChI is InChI=1S/C16H23N3S2/c1-4-7-17-11(2)14-10-21-16(18-14)19-8-5-15-13(12(19)3)6-9-20-15/h6,9-12,17H,4-5,7-8H2,1-3H3. The Labute approximate surface area is 135 Å². The second-order valence-electron chi connectivity index (χ2n) is 5.65. The van der Waals surface area contributed by atoms with Crippen molar-refractivity contribution in [2.24, 2.45) is 0 Å². The fourth-order valence-electron chi connectivity index (χ4n) is 2.84. The van der Waals surface area contributed by atoms with E-state index in [0.29, 0.717) is 12.1 Å². The third kappa shape index (κ3) is 3.00. The molecule has 3 nitrogen and oxygen atoms in total. The van der Waals surface area contributed by atoms with Gasteiger partial charge in [0.1, 0.15) is 0 Å². The Kier molecular flexibility index (Phi) is 4.62. The molecule has 2 aromatic rings. The molecule has 1 aliphatic heterocycles. The van der Waals surface area contributed by atoms with Crippen LogP contribution in [0, 0.1) is 0 Å². The number of rotatable bonds is 5. The predicted octanol–water partition coefficient (Wildman–Crippen LogP) is 4.39. The third-order valence-corrected chi connectivity index (χ3v) is 6.07. The van der Waals surface area contributed by atoms with Gasteiger partial charge in [0.15, 0.2) is 5.13 Å². The van der Waals surface area contributed by atoms with Crippen molar-refractivity contribution in [2.45, 2.75) is 45.7 Å². The topological polar surface area (TPSA) is 28.2 Å². The number of fused-ring (bicyclic) bond motifs is 1. The van der Waals surface area contributed by atoms with E-state index in [4.69, 9.17) is 4.98 Å². The van der Waals surface area contributed by atoms with E-state index in [2.05, 4.69) is 47.8 Å². The smallest absolute Gasteiger partial charge is 0.186 e. The Bertz CT molecular complexity index is 590. The van der Waals surface area contributed by atoms with Crippen molar-refractivity contribution in [1.29, 1.82) is 0 Å². The number of nitrogens with one attached hydrogen (secondary N) is 1. The summed E-state index contributed by atoms with van der Waals surface area (Å²) >= 11 is 3.67. The van der Waals surface area contributed by atoms with Crippen LogP contribution in [0.1, 0.15) is 55.4 Å². The van der Waals surface area contributed by atoms with E-state index >= 15 is 0 Å². The van der Waals surface area contributed by atoms with Crippen molar-refractivity contribution in [1.82, 2.24) is 10.3 Å². The normalized spacial score (nSPS) is 19.6. The van der Waals surface area contributed by atoms with Gasteiger partial charge in [-0.05, 0) is 50.2 Å². The molecule has 0 spiro atoms. The molecule has 0 saturated heterocycles. The molecule has 0 saturated carbocycles. The summed E-state index contributed by atoms with van der Waals surface area (Å²) in [6.45, 7) is 8.82.